The van der Waals surface area contributed by atoms with Crippen LogP contribution in [0.3, 0.4) is 0 Å². The lowest BCUT2D eigenvalue weighted by Gasteiger charge is -2.12. The Bertz CT molecular complexity index is 1620. The Balaban J connectivity index is 1.29. The van der Waals surface area contributed by atoms with Gasteiger partial charge in [-0.15, -0.1) is 0 Å². The molecule has 4 N–H and O–H groups in total. The Kier molecular flexibility index (Phi) is 8.79. The molecule has 0 fully saturated rings. The number of rotatable bonds is 8. The lowest BCUT2D eigenvalue weighted by Crippen LogP contribution is -2.23. The maximum Gasteiger partial charge on any atom is 0.275 e. The first-order valence-electron chi connectivity index (χ1n) is 13.3. The molecule has 0 saturated heterocycles. The molecule has 0 saturated carbocycles. The first-order chi connectivity index (χ1) is 19.8. The summed E-state index contributed by atoms with van der Waals surface area (Å²) in [5, 5.41) is 24.4. The number of amidine groups is 1. The monoisotopic (exact) mass is 561 g/mol. The van der Waals surface area contributed by atoms with Gasteiger partial charge >= 0.3 is 0 Å². The number of hydrogen-bond donors (Lipinski definition) is 4. The topological polar surface area (TPSA) is 94.0 Å². The van der Waals surface area contributed by atoms with Crippen LogP contribution >= 0.6 is 11.8 Å². The van der Waals surface area contributed by atoms with Crippen LogP contribution in [0.15, 0.2) is 108 Å². The molecule has 4 aromatic carbocycles. The van der Waals surface area contributed by atoms with Crippen LogP contribution in [0, 0.1) is 13.8 Å². The van der Waals surface area contributed by atoms with Gasteiger partial charge < -0.3 is 15.5 Å². The van der Waals surface area contributed by atoms with Crippen molar-refractivity contribution < 1.29 is 15.0 Å². The van der Waals surface area contributed by atoms with Gasteiger partial charge in [-0.2, -0.15) is 0 Å². The Hall–Kier alpha value is -4.43. The number of anilines is 2. The fraction of sp³-hybridized carbons (Fsp3) is 0.118. The number of aliphatic imine (C=N–C) groups is 1. The van der Waals surface area contributed by atoms with Crippen LogP contribution < -0.4 is 10.6 Å². The molecule has 0 bridgehead atoms. The maximum atomic E-state index is 12.2. The van der Waals surface area contributed by atoms with Gasteiger partial charge in [0.2, 0.25) is 0 Å². The standard InChI is InChI=1S/C34H31N3O3S/c1-22-8-13-27(18-23(22)2)30(26-6-4-3-5-7-26)19-24-9-14-28(15-10-24)35-29-16-11-25(12-17-29)20-31-33(40)37-34(36-31)41-21-32(38)39/h3-20,32,35,38-39H,21H2,1-2H3,(H,36,37,40)/b30-19+,31-20-. The lowest BCUT2D eigenvalue weighted by molar-refractivity contribution is -0.115. The van der Waals surface area contributed by atoms with E-state index in [2.05, 4.69) is 102 Å². The minimum absolute atomic E-state index is 0.0324. The minimum Gasteiger partial charge on any atom is -0.367 e. The molecule has 206 valence electrons. The normalized spacial score (nSPS) is 14.4. The number of aliphatic hydroxyl groups is 2. The Morgan fingerprint density at radius 3 is 2.15 bits per heavy atom. The van der Waals surface area contributed by atoms with Gasteiger partial charge in [0.15, 0.2) is 11.5 Å². The Morgan fingerprint density at radius 2 is 1.51 bits per heavy atom. The van der Waals surface area contributed by atoms with E-state index in [0.29, 0.717) is 5.17 Å². The van der Waals surface area contributed by atoms with E-state index < -0.39 is 6.29 Å². The van der Waals surface area contributed by atoms with Crippen molar-refractivity contribution in [2.75, 3.05) is 11.1 Å². The van der Waals surface area contributed by atoms with Gasteiger partial charge in [0, 0.05) is 11.4 Å². The van der Waals surface area contributed by atoms with Crippen molar-refractivity contribution in [1.82, 2.24) is 5.32 Å². The minimum atomic E-state index is -1.46. The van der Waals surface area contributed by atoms with E-state index in [1.165, 1.54) is 27.8 Å². The molecule has 4 aromatic rings. The van der Waals surface area contributed by atoms with E-state index in [0.717, 1.165) is 34.3 Å². The van der Waals surface area contributed by atoms with Crippen molar-refractivity contribution in [3.8, 4) is 0 Å². The van der Waals surface area contributed by atoms with Gasteiger partial charge in [-0.1, -0.05) is 84.6 Å². The van der Waals surface area contributed by atoms with Gasteiger partial charge in [0.1, 0.15) is 5.70 Å². The number of aryl methyl sites for hydroxylation is 2. The molecular formula is C34H31N3O3S. The summed E-state index contributed by atoms with van der Waals surface area (Å²) in [4.78, 5) is 16.4. The van der Waals surface area contributed by atoms with Gasteiger partial charge in [-0.05, 0) is 89.2 Å². The summed E-state index contributed by atoms with van der Waals surface area (Å²) in [5.74, 6) is -0.283. The molecule has 0 radical (unpaired) electrons. The van der Waals surface area contributed by atoms with Gasteiger partial charge in [0.05, 0.1) is 5.75 Å². The number of amides is 1. The Morgan fingerprint density at radius 1 is 0.854 bits per heavy atom. The highest BCUT2D eigenvalue weighted by Crippen LogP contribution is 2.28. The highest BCUT2D eigenvalue weighted by atomic mass is 32.2. The van der Waals surface area contributed by atoms with Crippen molar-refractivity contribution in [3.05, 3.63) is 136 Å². The highest BCUT2D eigenvalue weighted by Gasteiger charge is 2.20. The fourth-order valence-electron chi connectivity index (χ4n) is 4.35. The summed E-state index contributed by atoms with van der Waals surface area (Å²) in [6.45, 7) is 4.28. The number of thioether (sulfide) groups is 1. The van der Waals surface area contributed by atoms with E-state index in [-0.39, 0.29) is 17.4 Å². The number of aliphatic hydroxyl groups excluding tert-OH is 1. The second-order valence-electron chi connectivity index (χ2n) is 9.78. The molecule has 41 heavy (non-hydrogen) atoms. The summed E-state index contributed by atoms with van der Waals surface area (Å²) in [7, 11) is 0. The predicted molar refractivity (Wildman–Crippen MR) is 170 cm³/mol. The molecule has 1 heterocycles. The number of benzene rings is 4. The van der Waals surface area contributed by atoms with Crippen LogP contribution in [0.2, 0.25) is 0 Å². The zero-order valence-electron chi connectivity index (χ0n) is 22.8. The highest BCUT2D eigenvalue weighted by molar-refractivity contribution is 8.13. The Labute approximate surface area is 244 Å². The molecule has 6 nitrogen and oxygen atoms in total. The molecule has 0 atom stereocenters. The molecule has 0 spiro atoms. The molecule has 0 unspecified atom stereocenters. The van der Waals surface area contributed by atoms with E-state index in [1.54, 1.807) is 6.08 Å². The average molecular weight is 562 g/mol. The molecule has 1 aliphatic rings. The molecule has 1 amide bonds. The summed E-state index contributed by atoms with van der Waals surface area (Å²) in [6.07, 6.45) is 2.46. The molecular weight excluding hydrogens is 530 g/mol. The number of carbonyl (C=O) groups excluding carboxylic acids is 1. The average Bonchev–Trinajstić information content (AvgIpc) is 3.33. The van der Waals surface area contributed by atoms with Gasteiger partial charge in [-0.25, -0.2) is 4.99 Å². The van der Waals surface area contributed by atoms with Crippen LogP contribution in [-0.4, -0.2) is 33.3 Å². The van der Waals surface area contributed by atoms with Crippen LogP contribution in [0.1, 0.15) is 33.4 Å². The van der Waals surface area contributed by atoms with Crippen LogP contribution in [0.5, 0.6) is 0 Å². The second-order valence-corrected chi connectivity index (χ2v) is 10.8. The summed E-state index contributed by atoms with van der Waals surface area (Å²) in [6, 6.07) is 33.1. The summed E-state index contributed by atoms with van der Waals surface area (Å²) >= 11 is 1.08. The van der Waals surface area contributed by atoms with E-state index >= 15 is 0 Å². The molecule has 0 aromatic heterocycles. The first-order valence-corrected chi connectivity index (χ1v) is 14.3. The van der Waals surface area contributed by atoms with Crippen molar-refractivity contribution in [1.29, 1.82) is 0 Å². The number of nitrogens with zero attached hydrogens (tertiary/aromatic N) is 1. The van der Waals surface area contributed by atoms with Crippen molar-refractivity contribution in [2.45, 2.75) is 20.1 Å². The SMILES string of the molecule is Cc1ccc(/C(=C/c2ccc(Nc3ccc(/C=C4\N=C(SCC(O)O)NC4=O)cc3)cc2)c2ccccc2)cc1C. The van der Waals surface area contributed by atoms with Crippen molar-refractivity contribution in [3.63, 3.8) is 0 Å². The molecule has 7 heteroatoms. The quantitative estimate of drug-likeness (QED) is 0.112. The van der Waals surface area contributed by atoms with E-state index in [1.807, 2.05) is 30.3 Å². The third-order valence-electron chi connectivity index (χ3n) is 6.67. The first kappa shape index (κ1) is 28.1. The number of nitrogens with one attached hydrogen (secondary N) is 2. The summed E-state index contributed by atoms with van der Waals surface area (Å²) < 4.78 is 0. The zero-order valence-corrected chi connectivity index (χ0v) is 23.7. The number of carbonyl (C=O) groups is 1. The molecule has 1 aliphatic heterocycles. The molecule has 0 aliphatic carbocycles. The van der Waals surface area contributed by atoms with E-state index in [9.17, 15) is 4.79 Å². The molecule has 5 rings (SSSR count). The zero-order chi connectivity index (χ0) is 28.8. The third kappa shape index (κ3) is 7.41. The van der Waals surface area contributed by atoms with Crippen LogP contribution in [0.4, 0.5) is 11.4 Å². The lowest BCUT2D eigenvalue weighted by atomic mass is 9.93. The maximum absolute atomic E-state index is 12.2. The van der Waals surface area contributed by atoms with Gasteiger partial charge in [-0.3, -0.25) is 10.1 Å². The fourth-order valence-corrected chi connectivity index (χ4v) is 4.98. The van der Waals surface area contributed by atoms with Gasteiger partial charge in [0.25, 0.3) is 5.91 Å². The van der Waals surface area contributed by atoms with Crippen molar-refractivity contribution >= 4 is 51.9 Å². The predicted octanol–water partition coefficient (Wildman–Crippen LogP) is 6.51. The number of hydrogen-bond acceptors (Lipinski definition) is 6. The van der Waals surface area contributed by atoms with Crippen molar-refractivity contribution in [2.24, 2.45) is 4.99 Å². The third-order valence-corrected chi connectivity index (χ3v) is 7.60. The summed E-state index contributed by atoms with van der Waals surface area (Å²) in [5.41, 5.74) is 10.2. The smallest absolute Gasteiger partial charge is 0.275 e. The second kappa shape index (κ2) is 12.8. The van der Waals surface area contributed by atoms with Crippen LogP contribution in [-0.2, 0) is 4.79 Å². The largest absolute Gasteiger partial charge is 0.367 e. The van der Waals surface area contributed by atoms with Crippen LogP contribution in [0.25, 0.3) is 17.7 Å². The van der Waals surface area contributed by atoms with E-state index in [4.69, 9.17) is 10.2 Å².